The third-order valence-corrected chi connectivity index (χ3v) is 5.37. The maximum Gasteiger partial charge on any atom is 0.122 e. The summed E-state index contributed by atoms with van der Waals surface area (Å²) in [5.74, 6) is 1.99. The van der Waals surface area contributed by atoms with E-state index in [2.05, 4.69) is 21.5 Å². The highest BCUT2D eigenvalue weighted by Gasteiger charge is 2.40. The summed E-state index contributed by atoms with van der Waals surface area (Å²) in [6.07, 6.45) is 10.8. The maximum absolute atomic E-state index is 6.30. The van der Waals surface area contributed by atoms with Crippen LogP contribution in [0.1, 0.15) is 37.9 Å². The Morgan fingerprint density at radius 3 is 2.91 bits per heavy atom. The van der Waals surface area contributed by atoms with E-state index in [0.29, 0.717) is 18.2 Å². The van der Waals surface area contributed by atoms with Crippen molar-refractivity contribution in [3.63, 3.8) is 0 Å². The molecule has 0 spiro atoms. The minimum absolute atomic E-state index is 0.313. The molecule has 2 saturated heterocycles. The molecule has 3 atom stereocenters. The van der Waals surface area contributed by atoms with E-state index in [9.17, 15) is 0 Å². The van der Waals surface area contributed by atoms with E-state index < -0.39 is 0 Å². The molecule has 3 heterocycles. The minimum Gasteiger partial charge on any atom is -0.378 e. The van der Waals surface area contributed by atoms with Crippen molar-refractivity contribution < 1.29 is 9.47 Å². The van der Waals surface area contributed by atoms with Crippen LogP contribution in [0.3, 0.4) is 0 Å². The first-order valence-corrected chi connectivity index (χ1v) is 8.73. The summed E-state index contributed by atoms with van der Waals surface area (Å²) in [5.41, 5.74) is 0. The van der Waals surface area contributed by atoms with E-state index in [1.807, 2.05) is 12.4 Å². The van der Waals surface area contributed by atoms with Gasteiger partial charge in [-0.2, -0.15) is 0 Å². The molecule has 0 unspecified atom stereocenters. The zero-order valence-electron chi connectivity index (χ0n) is 13.5. The molecule has 1 aromatic heterocycles. The zero-order valence-corrected chi connectivity index (χ0v) is 13.5. The van der Waals surface area contributed by atoms with E-state index in [0.717, 1.165) is 50.9 Å². The molecule has 3 fully saturated rings. The SMILES string of the molecule is Cn1ccnc1CN1CC[C@@H]2O[C@@H](COCC3CC3)CC[C@@H]21. The van der Waals surface area contributed by atoms with Gasteiger partial charge >= 0.3 is 0 Å². The van der Waals surface area contributed by atoms with Gasteiger partial charge in [0.15, 0.2) is 0 Å². The number of rotatable bonds is 6. The maximum atomic E-state index is 6.30. The number of imidazole rings is 1. The fourth-order valence-corrected chi connectivity index (χ4v) is 3.79. The Morgan fingerprint density at radius 1 is 1.23 bits per heavy atom. The monoisotopic (exact) mass is 305 g/mol. The van der Waals surface area contributed by atoms with Gasteiger partial charge in [0.25, 0.3) is 0 Å². The van der Waals surface area contributed by atoms with Crippen molar-refractivity contribution in [3.8, 4) is 0 Å². The van der Waals surface area contributed by atoms with Crippen LogP contribution in [-0.2, 0) is 23.1 Å². The van der Waals surface area contributed by atoms with Gasteiger partial charge in [0.2, 0.25) is 0 Å². The molecule has 1 saturated carbocycles. The van der Waals surface area contributed by atoms with Gasteiger partial charge in [-0.1, -0.05) is 0 Å². The number of likely N-dealkylation sites (tertiary alicyclic amines) is 1. The van der Waals surface area contributed by atoms with Gasteiger partial charge < -0.3 is 14.0 Å². The predicted molar refractivity (Wildman–Crippen MR) is 83.5 cm³/mol. The molecule has 0 aromatic carbocycles. The van der Waals surface area contributed by atoms with E-state index >= 15 is 0 Å². The Labute approximate surface area is 132 Å². The van der Waals surface area contributed by atoms with Gasteiger partial charge in [0, 0.05) is 38.6 Å². The van der Waals surface area contributed by atoms with Crippen molar-refractivity contribution >= 4 is 0 Å². The molecule has 2 aliphatic heterocycles. The Morgan fingerprint density at radius 2 is 2.14 bits per heavy atom. The molecule has 0 N–H and O–H groups in total. The second-order valence-corrected chi connectivity index (χ2v) is 7.14. The number of hydrogen-bond donors (Lipinski definition) is 0. The lowest BCUT2D eigenvalue weighted by atomic mass is 9.99. The minimum atomic E-state index is 0.313. The normalized spacial score (nSPS) is 32.3. The largest absolute Gasteiger partial charge is 0.378 e. The lowest BCUT2D eigenvalue weighted by molar-refractivity contribution is -0.101. The Balaban J connectivity index is 1.27. The topological polar surface area (TPSA) is 39.5 Å². The molecular weight excluding hydrogens is 278 g/mol. The molecule has 5 heteroatoms. The van der Waals surface area contributed by atoms with Crippen LogP contribution in [0.25, 0.3) is 0 Å². The van der Waals surface area contributed by atoms with Gasteiger partial charge in [0.1, 0.15) is 5.82 Å². The summed E-state index contributed by atoms with van der Waals surface area (Å²) in [7, 11) is 2.07. The van der Waals surface area contributed by atoms with Gasteiger partial charge in [-0.25, -0.2) is 4.98 Å². The average molecular weight is 305 g/mol. The summed E-state index contributed by atoms with van der Waals surface area (Å²) >= 11 is 0. The molecule has 0 amide bonds. The van der Waals surface area contributed by atoms with Crippen molar-refractivity contribution in [2.45, 2.75) is 56.9 Å². The molecule has 3 aliphatic rings. The van der Waals surface area contributed by atoms with Crippen LogP contribution in [0.15, 0.2) is 12.4 Å². The standard InChI is InChI=1S/C17H27N3O2/c1-19-9-7-18-17(19)10-20-8-6-16-15(20)5-4-14(22-16)12-21-11-13-2-3-13/h7,9,13-16H,2-6,8,10-12H2,1H3/t14-,15+,16+/m1/s1. The third-order valence-electron chi connectivity index (χ3n) is 5.37. The molecule has 1 aliphatic carbocycles. The fourth-order valence-electron chi connectivity index (χ4n) is 3.79. The van der Waals surface area contributed by atoms with Gasteiger partial charge in [-0.05, 0) is 38.0 Å². The van der Waals surface area contributed by atoms with Crippen LogP contribution >= 0.6 is 0 Å². The van der Waals surface area contributed by atoms with Crippen LogP contribution in [0.2, 0.25) is 0 Å². The summed E-state index contributed by atoms with van der Waals surface area (Å²) in [6.45, 7) is 3.80. The van der Waals surface area contributed by atoms with Crippen LogP contribution in [-0.4, -0.2) is 52.5 Å². The van der Waals surface area contributed by atoms with Crippen LogP contribution < -0.4 is 0 Å². The Kier molecular flexibility index (Phi) is 4.20. The molecule has 122 valence electrons. The Hall–Kier alpha value is -0.910. The van der Waals surface area contributed by atoms with Crippen molar-refractivity contribution in [1.82, 2.24) is 14.5 Å². The molecular formula is C17H27N3O2. The van der Waals surface area contributed by atoms with Gasteiger partial charge in [-0.3, -0.25) is 4.90 Å². The molecule has 22 heavy (non-hydrogen) atoms. The number of aryl methyl sites for hydroxylation is 1. The molecule has 0 bridgehead atoms. The second kappa shape index (κ2) is 6.30. The number of aromatic nitrogens is 2. The first-order chi connectivity index (χ1) is 10.8. The number of hydrogen-bond acceptors (Lipinski definition) is 4. The van der Waals surface area contributed by atoms with Crippen molar-refractivity contribution in [3.05, 3.63) is 18.2 Å². The summed E-state index contributed by atoms with van der Waals surface area (Å²) in [6, 6.07) is 0.566. The second-order valence-electron chi connectivity index (χ2n) is 7.14. The van der Waals surface area contributed by atoms with Crippen LogP contribution in [0, 0.1) is 5.92 Å². The molecule has 5 nitrogen and oxygen atoms in total. The highest BCUT2D eigenvalue weighted by Crippen LogP contribution is 2.33. The highest BCUT2D eigenvalue weighted by molar-refractivity contribution is 4.97. The summed E-state index contributed by atoms with van der Waals surface area (Å²) in [5, 5.41) is 0. The first kappa shape index (κ1) is 14.7. The van der Waals surface area contributed by atoms with Crippen LogP contribution in [0.5, 0.6) is 0 Å². The average Bonchev–Trinajstić information content (AvgIpc) is 3.13. The van der Waals surface area contributed by atoms with Crippen molar-refractivity contribution in [1.29, 1.82) is 0 Å². The van der Waals surface area contributed by atoms with E-state index in [1.54, 1.807) is 0 Å². The van der Waals surface area contributed by atoms with Gasteiger partial charge in [0.05, 0.1) is 25.4 Å². The van der Waals surface area contributed by atoms with Gasteiger partial charge in [-0.15, -0.1) is 0 Å². The first-order valence-electron chi connectivity index (χ1n) is 8.73. The Bertz CT molecular complexity index is 500. The lowest BCUT2D eigenvalue weighted by Crippen LogP contribution is -2.43. The zero-order chi connectivity index (χ0) is 14.9. The van der Waals surface area contributed by atoms with Crippen LogP contribution in [0.4, 0.5) is 0 Å². The summed E-state index contributed by atoms with van der Waals surface area (Å²) in [4.78, 5) is 7.01. The lowest BCUT2D eigenvalue weighted by Gasteiger charge is -2.35. The highest BCUT2D eigenvalue weighted by atomic mass is 16.5. The van der Waals surface area contributed by atoms with E-state index in [4.69, 9.17) is 9.47 Å². The smallest absolute Gasteiger partial charge is 0.122 e. The predicted octanol–water partition coefficient (Wildman–Crippen LogP) is 1.97. The summed E-state index contributed by atoms with van der Waals surface area (Å²) < 4.78 is 14.2. The number of ether oxygens (including phenoxy) is 2. The third kappa shape index (κ3) is 3.21. The molecule has 4 rings (SSSR count). The number of nitrogens with zero attached hydrogens (tertiary/aromatic N) is 3. The fraction of sp³-hybridized carbons (Fsp3) is 0.824. The van der Waals surface area contributed by atoms with Crippen molar-refractivity contribution in [2.75, 3.05) is 19.8 Å². The number of fused-ring (bicyclic) bond motifs is 1. The van der Waals surface area contributed by atoms with Crippen molar-refractivity contribution in [2.24, 2.45) is 13.0 Å². The molecule has 0 radical (unpaired) electrons. The molecule has 1 aromatic rings. The van der Waals surface area contributed by atoms with E-state index in [1.165, 1.54) is 19.3 Å². The van der Waals surface area contributed by atoms with E-state index in [-0.39, 0.29) is 0 Å². The quantitative estimate of drug-likeness (QED) is 0.805.